The molecule has 0 unspecified atom stereocenters. The average molecular weight is 290 g/mol. The number of esters is 1. The summed E-state index contributed by atoms with van der Waals surface area (Å²) in [5, 5.41) is 0. The molecule has 0 bridgehead atoms. The van der Waals surface area contributed by atoms with Crippen molar-refractivity contribution in [2.45, 2.75) is 45.6 Å². The third-order valence-corrected chi connectivity index (χ3v) is 4.22. The first kappa shape index (κ1) is 16.0. The molecular formula is C18H26O3. The second-order valence-corrected chi connectivity index (χ2v) is 5.90. The summed E-state index contributed by atoms with van der Waals surface area (Å²) in [5.41, 5.74) is 1.05. The van der Waals surface area contributed by atoms with E-state index in [1.54, 1.807) is 0 Å². The number of hydrogen-bond donors (Lipinski definition) is 0. The van der Waals surface area contributed by atoms with Gasteiger partial charge in [0, 0.05) is 19.6 Å². The molecule has 1 aromatic carbocycles. The zero-order valence-electron chi connectivity index (χ0n) is 12.9. The van der Waals surface area contributed by atoms with Gasteiger partial charge < -0.3 is 9.47 Å². The number of hydrogen-bond acceptors (Lipinski definition) is 3. The fourth-order valence-corrected chi connectivity index (χ4v) is 2.92. The van der Waals surface area contributed by atoms with Crippen LogP contribution in [0.2, 0.25) is 0 Å². The van der Waals surface area contributed by atoms with Gasteiger partial charge in [-0.1, -0.05) is 30.3 Å². The van der Waals surface area contributed by atoms with Gasteiger partial charge in [-0.05, 0) is 50.0 Å². The number of rotatable bonds is 7. The average Bonchev–Trinajstić information content (AvgIpc) is 2.53. The highest BCUT2D eigenvalue weighted by atomic mass is 16.5. The Bertz CT molecular complexity index is 408. The molecule has 0 spiro atoms. The molecule has 1 fully saturated rings. The number of carbonyl (C=O) groups excluding carboxylic acids is 1. The minimum Gasteiger partial charge on any atom is -0.461 e. The largest absolute Gasteiger partial charge is 0.461 e. The zero-order chi connectivity index (χ0) is 14.9. The molecule has 1 aromatic rings. The molecule has 2 rings (SSSR count). The molecule has 0 N–H and O–H groups in total. The van der Waals surface area contributed by atoms with Crippen LogP contribution < -0.4 is 0 Å². The molecule has 3 nitrogen and oxygen atoms in total. The molecule has 3 heteroatoms. The van der Waals surface area contributed by atoms with Gasteiger partial charge in [-0.15, -0.1) is 0 Å². The van der Waals surface area contributed by atoms with Crippen molar-refractivity contribution < 1.29 is 14.3 Å². The summed E-state index contributed by atoms with van der Waals surface area (Å²) in [5.74, 6) is 1.11. The first-order chi connectivity index (χ1) is 10.3. The van der Waals surface area contributed by atoms with Crippen LogP contribution >= 0.6 is 0 Å². The third-order valence-electron chi connectivity index (χ3n) is 4.22. The molecule has 21 heavy (non-hydrogen) atoms. The maximum absolute atomic E-state index is 11.9. The Labute approximate surface area is 127 Å². The summed E-state index contributed by atoms with van der Waals surface area (Å²) >= 11 is 0. The summed E-state index contributed by atoms with van der Waals surface area (Å²) < 4.78 is 10.8. The SMILES string of the molecule is CCOCC1CCC(CC(=O)OCc2ccccc2)CC1. The zero-order valence-corrected chi connectivity index (χ0v) is 12.9. The highest BCUT2D eigenvalue weighted by Crippen LogP contribution is 2.31. The Balaban J connectivity index is 1.63. The van der Waals surface area contributed by atoms with Crippen LogP contribution in [0.25, 0.3) is 0 Å². The van der Waals surface area contributed by atoms with E-state index in [4.69, 9.17) is 9.47 Å². The summed E-state index contributed by atoms with van der Waals surface area (Å²) in [6.45, 7) is 4.10. The Morgan fingerprint density at radius 1 is 1.10 bits per heavy atom. The molecule has 0 aliphatic heterocycles. The maximum Gasteiger partial charge on any atom is 0.306 e. The van der Waals surface area contributed by atoms with E-state index in [2.05, 4.69) is 0 Å². The minimum absolute atomic E-state index is 0.0629. The third kappa shape index (κ3) is 5.88. The summed E-state index contributed by atoms with van der Waals surface area (Å²) in [6, 6.07) is 9.84. The second-order valence-electron chi connectivity index (χ2n) is 5.90. The normalized spacial score (nSPS) is 22.0. The first-order valence-electron chi connectivity index (χ1n) is 8.05. The lowest BCUT2D eigenvalue weighted by molar-refractivity contribution is -0.146. The van der Waals surface area contributed by atoms with Crippen LogP contribution in [0, 0.1) is 11.8 Å². The van der Waals surface area contributed by atoms with E-state index in [1.165, 1.54) is 12.8 Å². The lowest BCUT2D eigenvalue weighted by Crippen LogP contribution is -2.21. The van der Waals surface area contributed by atoms with Crippen molar-refractivity contribution in [2.75, 3.05) is 13.2 Å². The van der Waals surface area contributed by atoms with Gasteiger partial charge in [0.05, 0.1) is 0 Å². The molecule has 1 saturated carbocycles. The topological polar surface area (TPSA) is 35.5 Å². The predicted octanol–water partition coefficient (Wildman–Crippen LogP) is 3.96. The van der Waals surface area contributed by atoms with Crippen molar-refractivity contribution in [3.63, 3.8) is 0 Å². The van der Waals surface area contributed by atoms with Crippen LogP contribution in [0.15, 0.2) is 30.3 Å². The highest BCUT2D eigenvalue weighted by Gasteiger charge is 2.23. The van der Waals surface area contributed by atoms with E-state index in [0.717, 1.165) is 31.6 Å². The second kappa shape index (κ2) is 8.83. The summed E-state index contributed by atoms with van der Waals surface area (Å²) in [4.78, 5) is 11.9. The monoisotopic (exact) mass is 290 g/mol. The Hall–Kier alpha value is -1.35. The van der Waals surface area contributed by atoms with E-state index in [1.807, 2.05) is 37.3 Å². The quantitative estimate of drug-likeness (QED) is 0.713. The van der Waals surface area contributed by atoms with E-state index in [-0.39, 0.29) is 5.97 Å². The van der Waals surface area contributed by atoms with Gasteiger partial charge in [-0.3, -0.25) is 4.79 Å². The smallest absolute Gasteiger partial charge is 0.306 e. The molecule has 116 valence electrons. The molecule has 0 amide bonds. The van der Waals surface area contributed by atoms with Crippen LogP contribution in [0.1, 0.15) is 44.6 Å². The van der Waals surface area contributed by atoms with Crippen LogP contribution in [0.5, 0.6) is 0 Å². The van der Waals surface area contributed by atoms with Gasteiger partial charge in [0.15, 0.2) is 0 Å². The van der Waals surface area contributed by atoms with Crippen molar-refractivity contribution in [1.29, 1.82) is 0 Å². The van der Waals surface area contributed by atoms with Crippen LogP contribution in [-0.4, -0.2) is 19.2 Å². The molecule has 1 aliphatic carbocycles. The standard InChI is InChI=1S/C18H26O3/c1-2-20-13-17-10-8-15(9-11-17)12-18(19)21-14-16-6-4-3-5-7-16/h3-7,15,17H,2,8-14H2,1H3. The van der Waals surface area contributed by atoms with E-state index in [0.29, 0.717) is 24.9 Å². The highest BCUT2D eigenvalue weighted by molar-refractivity contribution is 5.69. The molecule has 0 atom stereocenters. The minimum atomic E-state index is -0.0629. The summed E-state index contributed by atoms with van der Waals surface area (Å²) in [6.07, 6.45) is 5.16. The summed E-state index contributed by atoms with van der Waals surface area (Å²) in [7, 11) is 0. The van der Waals surface area contributed by atoms with Crippen molar-refractivity contribution >= 4 is 5.97 Å². The maximum atomic E-state index is 11.9. The Kier molecular flexibility index (Phi) is 6.74. The van der Waals surface area contributed by atoms with Gasteiger partial charge in [0.1, 0.15) is 6.61 Å². The molecule has 0 radical (unpaired) electrons. The fraction of sp³-hybridized carbons (Fsp3) is 0.611. The molecular weight excluding hydrogens is 264 g/mol. The van der Waals surface area contributed by atoms with E-state index >= 15 is 0 Å². The lowest BCUT2D eigenvalue weighted by atomic mass is 9.81. The van der Waals surface area contributed by atoms with E-state index < -0.39 is 0 Å². The van der Waals surface area contributed by atoms with Crippen molar-refractivity contribution in [2.24, 2.45) is 11.8 Å². The molecule has 0 heterocycles. The molecule has 0 saturated heterocycles. The number of carbonyl (C=O) groups is 1. The number of benzene rings is 1. The fourth-order valence-electron chi connectivity index (χ4n) is 2.92. The van der Waals surface area contributed by atoms with Crippen LogP contribution in [0.3, 0.4) is 0 Å². The first-order valence-corrected chi connectivity index (χ1v) is 8.05. The Morgan fingerprint density at radius 2 is 1.76 bits per heavy atom. The van der Waals surface area contributed by atoms with Crippen molar-refractivity contribution in [1.82, 2.24) is 0 Å². The van der Waals surface area contributed by atoms with Crippen molar-refractivity contribution in [3.8, 4) is 0 Å². The van der Waals surface area contributed by atoms with E-state index in [9.17, 15) is 4.79 Å². The van der Waals surface area contributed by atoms with Crippen LogP contribution in [0.4, 0.5) is 0 Å². The van der Waals surface area contributed by atoms with Gasteiger partial charge in [-0.2, -0.15) is 0 Å². The molecule has 0 aromatic heterocycles. The van der Waals surface area contributed by atoms with Gasteiger partial charge in [0.25, 0.3) is 0 Å². The van der Waals surface area contributed by atoms with Gasteiger partial charge in [0.2, 0.25) is 0 Å². The number of ether oxygens (including phenoxy) is 2. The Morgan fingerprint density at radius 3 is 2.43 bits per heavy atom. The molecule has 1 aliphatic rings. The van der Waals surface area contributed by atoms with Gasteiger partial charge in [-0.25, -0.2) is 0 Å². The van der Waals surface area contributed by atoms with Gasteiger partial charge >= 0.3 is 5.97 Å². The predicted molar refractivity (Wildman–Crippen MR) is 82.8 cm³/mol. The van der Waals surface area contributed by atoms with Crippen LogP contribution in [-0.2, 0) is 20.9 Å². The lowest BCUT2D eigenvalue weighted by Gasteiger charge is -2.27. The van der Waals surface area contributed by atoms with Crippen molar-refractivity contribution in [3.05, 3.63) is 35.9 Å².